The Morgan fingerprint density at radius 3 is 1.88 bits per heavy atom. The molecule has 9 aromatic rings. The number of rotatable bonds is 7. The van der Waals surface area contributed by atoms with Crippen LogP contribution in [0.1, 0.15) is 69.9 Å². The number of benzene rings is 8. The second kappa shape index (κ2) is 14.8. The van der Waals surface area contributed by atoms with Crippen molar-refractivity contribution in [3.05, 3.63) is 193 Å². The number of nitrogens with zero attached hydrogens (tertiary/aromatic N) is 2. The van der Waals surface area contributed by atoms with Gasteiger partial charge in [-0.05, 0) is 112 Å². The third-order valence-electron chi connectivity index (χ3n) is 12.6. The molecule has 0 aliphatic heterocycles. The molecule has 0 atom stereocenters. The van der Waals surface area contributed by atoms with Crippen LogP contribution in [0.15, 0.2) is 182 Å². The van der Waals surface area contributed by atoms with Crippen LogP contribution >= 0.6 is 0 Å². The van der Waals surface area contributed by atoms with Gasteiger partial charge in [0.1, 0.15) is 0 Å². The van der Waals surface area contributed by atoms with Crippen molar-refractivity contribution in [3.63, 3.8) is 0 Å². The lowest BCUT2D eigenvalue weighted by atomic mass is 9.80. The third-order valence-corrected chi connectivity index (χ3v) is 12.6. The minimum atomic E-state index is 0.0476. The maximum Gasteiger partial charge on any atom is 0.0541 e. The fourth-order valence-corrected chi connectivity index (χ4v) is 9.67. The zero-order valence-electron chi connectivity index (χ0n) is 33.8. The summed E-state index contributed by atoms with van der Waals surface area (Å²) in [6.07, 6.45) is 6.51. The molecule has 284 valence electrons. The minimum absolute atomic E-state index is 0.0476. The molecule has 1 fully saturated rings. The van der Waals surface area contributed by atoms with E-state index in [2.05, 4.69) is 212 Å². The molecule has 1 aliphatic carbocycles. The van der Waals surface area contributed by atoms with Gasteiger partial charge in [-0.25, -0.2) is 0 Å². The van der Waals surface area contributed by atoms with Crippen molar-refractivity contribution in [2.45, 2.75) is 64.2 Å². The molecule has 0 amide bonds. The van der Waals surface area contributed by atoms with Gasteiger partial charge >= 0.3 is 0 Å². The highest BCUT2D eigenvalue weighted by molar-refractivity contribution is 6.11. The Balaban J connectivity index is 1.20. The molecular weight excluding hydrogens is 701 g/mol. The highest BCUT2D eigenvalue weighted by atomic mass is 15.1. The van der Waals surface area contributed by atoms with Crippen LogP contribution in [0.25, 0.3) is 60.5 Å². The number of fused-ring (bicyclic) bond motifs is 4. The van der Waals surface area contributed by atoms with Gasteiger partial charge in [0, 0.05) is 33.3 Å². The molecule has 58 heavy (non-hydrogen) atoms. The summed E-state index contributed by atoms with van der Waals surface area (Å²) in [5, 5.41) is 5.23. The zero-order chi connectivity index (χ0) is 39.2. The van der Waals surface area contributed by atoms with Crippen molar-refractivity contribution < 1.29 is 0 Å². The molecule has 10 rings (SSSR count). The van der Waals surface area contributed by atoms with Crippen LogP contribution < -0.4 is 4.90 Å². The second-order valence-electron chi connectivity index (χ2n) is 17.2. The van der Waals surface area contributed by atoms with Gasteiger partial charge in [0.05, 0.1) is 22.4 Å². The summed E-state index contributed by atoms with van der Waals surface area (Å²) < 4.78 is 2.39. The number of hydrogen-bond acceptors (Lipinski definition) is 1. The first-order chi connectivity index (χ1) is 28.4. The zero-order valence-corrected chi connectivity index (χ0v) is 33.8. The monoisotopic (exact) mass is 750 g/mol. The normalized spacial score (nSPS) is 13.7. The van der Waals surface area contributed by atoms with Crippen molar-refractivity contribution in [1.82, 2.24) is 4.57 Å². The van der Waals surface area contributed by atoms with E-state index in [1.165, 1.54) is 109 Å². The van der Waals surface area contributed by atoms with Crippen LogP contribution in [0.4, 0.5) is 17.1 Å². The Labute approximate surface area is 343 Å². The SMILES string of the molecule is CC(C)(C)c1ccc(N(c2ccccc2-c2ccc3c(c2)c2ccccc2n3-c2ccccc2)c2ccccc2-c2cccc3cccc(C4CCCCC4)c23)cc1. The Hall–Kier alpha value is -6.38. The van der Waals surface area contributed by atoms with Gasteiger partial charge in [0.25, 0.3) is 0 Å². The average molecular weight is 751 g/mol. The predicted octanol–water partition coefficient (Wildman–Crippen LogP) is 16.1. The maximum absolute atomic E-state index is 2.51. The predicted molar refractivity (Wildman–Crippen MR) is 248 cm³/mol. The lowest BCUT2D eigenvalue weighted by Crippen LogP contribution is -2.14. The molecule has 0 N–H and O–H groups in total. The van der Waals surface area contributed by atoms with Crippen LogP contribution in [-0.2, 0) is 5.41 Å². The number of anilines is 3. The van der Waals surface area contributed by atoms with E-state index in [1.54, 1.807) is 0 Å². The summed E-state index contributed by atoms with van der Waals surface area (Å²) in [6.45, 7) is 6.87. The summed E-state index contributed by atoms with van der Waals surface area (Å²) in [4.78, 5) is 2.51. The van der Waals surface area contributed by atoms with E-state index in [0.717, 1.165) is 11.4 Å². The van der Waals surface area contributed by atoms with Gasteiger partial charge in [-0.1, -0.05) is 167 Å². The van der Waals surface area contributed by atoms with E-state index in [9.17, 15) is 0 Å². The Morgan fingerprint density at radius 2 is 1.12 bits per heavy atom. The molecule has 0 bridgehead atoms. The van der Waals surface area contributed by atoms with Gasteiger partial charge in [-0.2, -0.15) is 0 Å². The molecule has 1 aromatic heterocycles. The molecule has 0 unspecified atom stereocenters. The lowest BCUT2D eigenvalue weighted by molar-refractivity contribution is 0.445. The number of aromatic nitrogens is 1. The van der Waals surface area contributed by atoms with Crippen LogP contribution in [0.5, 0.6) is 0 Å². The molecule has 0 radical (unpaired) electrons. The highest BCUT2D eigenvalue weighted by Gasteiger charge is 2.25. The summed E-state index contributed by atoms with van der Waals surface area (Å²) in [7, 11) is 0. The molecule has 1 saturated carbocycles. The van der Waals surface area contributed by atoms with Gasteiger partial charge in [-0.15, -0.1) is 0 Å². The van der Waals surface area contributed by atoms with E-state index < -0.39 is 0 Å². The molecule has 2 nitrogen and oxygen atoms in total. The standard InChI is InChI=1S/C56H50N2/c1-56(2,3)42-33-35-44(36-34-42)58(52-30-14-11-25-47(52)49-28-17-21-40-20-16-27-46(55(40)49)39-18-6-4-7-19-39)51-29-13-10-24-45(51)41-32-37-54-50(38-41)48-26-12-15-31-53(48)57(54)43-22-8-5-9-23-43/h5,8-17,20-39H,4,6-7,18-19H2,1-3H3. The topological polar surface area (TPSA) is 8.17 Å². The van der Waals surface area contributed by atoms with Crippen molar-refractivity contribution in [1.29, 1.82) is 0 Å². The van der Waals surface area contributed by atoms with Gasteiger partial charge in [0.15, 0.2) is 0 Å². The summed E-state index contributed by atoms with van der Waals surface area (Å²) in [6, 6.07) is 67.8. The van der Waals surface area contributed by atoms with Crippen molar-refractivity contribution in [2.75, 3.05) is 4.90 Å². The summed E-state index contributed by atoms with van der Waals surface area (Å²) in [5.41, 5.74) is 14.9. The summed E-state index contributed by atoms with van der Waals surface area (Å²) in [5.74, 6) is 0.593. The maximum atomic E-state index is 2.51. The van der Waals surface area contributed by atoms with Gasteiger partial charge < -0.3 is 9.47 Å². The number of hydrogen-bond donors (Lipinski definition) is 0. The van der Waals surface area contributed by atoms with Crippen LogP contribution in [-0.4, -0.2) is 4.57 Å². The van der Waals surface area contributed by atoms with Crippen LogP contribution in [0, 0.1) is 0 Å². The fourth-order valence-electron chi connectivity index (χ4n) is 9.67. The first kappa shape index (κ1) is 36.0. The first-order valence-corrected chi connectivity index (χ1v) is 21.1. The molecular formula is C56H50N2. The van der Waals surface area contributed by atoms with Crippen molar-refractivity contribution >= 4 is 49.6 Å². The highest BCUT2D eigenvalue weighted by Crippen LogP contribution is 2.48. The first-order valence-electron chi connectivity index (χ1n) is 21.1. The van der Waals surface area contributed by atoms with Crippen LogP contribution in [0.3, 0.4) is 0 Å². The number of para-hydroxylation sites is 4. The Bertz CT molecular complexity index is 2900. The molecule has 1 aliphatic rings. The Kier molecular flexibility index (Phi) is 9.21. The largest absolute Gasteiger partial charge is 0.309 e. The molecule has 8 aromatic carbocycles. The van der Waals surface area contributed by atoms with E-state index in [-0.39, 0.29) is 5.41 Å². The van der Waals surface area contributed by atoms with E-state index in [1.807, 2.05) is 0 Å². The lowest BCUT2D eigenvalue weighted by Gasteiger charge is -2.31. The summed E-state index contributed by atoms with van der Waals surface area (Å²) >= 11 is 0. The van der Waals surface area contributed by atoms with Gasteiger partial charge in [0.2, 0.25) is 0 Å². The third kappa shape index (κ3) is 6.38. The van der Waals surface area contributed by atoms with E-state index >= 15 is 0 Å². The second-order valence-corrected chi connectivity index (χ2v) is 17.2. The molecule has 1 heterocycles. The van der Waals surface area contributed by atoms with Crippen molar-refractivity contribution in [2.24, 2.45) is 0 Å². The minimum Gasteiger partial charge on any atom is -0.309 e. The molecule has 0 saturated heterocycles. The van der Waals surface area contributed by atoms with Gasteiger partial charge in [-0.3, -0.25) is 0 Å². The Morgan fingerprint density at radius 1 is 0.500 bits per heavy atom. The fraction of sp³-hybridized carbons (Fsp3) is 0.179. The molecule has 0 spiro atoms. The van der Waals surface area contributed by atoms with Crippen LogP contribution in [0.2, 0.25) is 0 Å². The van der Waals surface area contributed by atoms with E-state index in [0.29, 0.717) is 5.92 Å². The van der Waals surface area contributed by atoms with Crippen molar-refractivity contribution in [3.8, 4) is 27.9 Å². The molecule has 2 heteroatoms. The average Bonchev–Trinajstić information content (AvgIpc) is 3.61. The quantitative estimate of drug-likeness (QED) is 0.157. The van der Waals surface area contributed by atoms with E-state index in [4.69, 9.17) is 0 Å². The smallest absolute Gasteiger partial charge is 0.0541 e.